The largest absolute Gasteiger partial charge is 0.472 e. The zero-order chi connectivity index (χ0) is 23.4. The summed E-state index contributed by atoms with van der Waals surface area (Å²) in [6.45, 7) is 8.33. The first-order valence-electron chi connectivity index (χ1n) is 11.1. The van der Waals surface area contributed by atoms with Crippen molar-refractivity contribution in [3.63, 3.8) is 0 Å². The van der Waals surface area contributed by atoms with Gasteiger partial charge in [0, 0.05) is 37.7 Å². The van der Waals surface area contributed by atoms with Crippen LogP contribution in [0.3, 0.4) is 0 Å². The van der Waals surface area contributed by atoms with Gasteiger partial charge in [0.05, 0.1) is 19.2 Å². The molecule has 1 aliphatic rings. The summed E-state index contributed by atoms with van der Waals surface area (Å²) in [5.74, 6) is 0.0118. The molecule has 3 rings (SSSR count). The molecule has 1 aromatic heterocycles. The highest BCUT2D eigenvalue weighted by atomic mass is 16.5. The molecular formula is C25H33N3O4. The number of hydrogen-bond donors (Lipinski definition) is 1. The van der Waals surface area contributed by atoms with Gasteiger partial charge in [-0.05, 0) is 31.0 Å². The van der Waals surface area contributed by atoms with Gasteiger partial charge in [-0.3, -0.25) is 9.59 Å². The second-order valence-corrected chi connectivity index (χ2v) is 8.64. The van der Waals surface area contributed by atoms with E-state index in [2.05, 4.69) is 4.98 Å². The lowest BCUT2D eigenvalue weighted by Crippen LogP contribution is -2.50. The fourth-order valence-corrected chi connectivity index (χ4v) is 4.01. The van der Waals surface area contributed by atoms with Crippen molar-refractivity contribution in [2.24, 2.45) is 5.92 Å². The Bertz CT molecular complexity index is 977. The summed E-state index contributed by atoms with van der Waals surface area (Å²) in [5, 5.41) is 9.79. The Labute approximate surface area is 190 Å². The van der Waals surface area contributed by atoms with Crippen LogP contribution in [0.15, 0.2) is 36.5 Å². The van der Waals surface area contributed by atoms with E-state index in [-0.39, 0.29) is 42.4 Å². The Kier molecular flexibility index (Phi) is 7.51. The number of carbonyl (C=O) groups excluding carboxylic acids is 2. The molecule has 0 saturated heterocycles. The summed E-state index contributed by atoms with van der Waals surface area (Å²) in [7, 11) is 1.76. The van der Waals surface area contributed by atoms with Gasteiger partial charge in [-0.15, -0.1) is 0 Å². The molecule has 1 aromatic carbocycles. The Hall–Kier alpha value is -2.93. The summed E-state index contributed by atoms with van der Waals surface area (Å²) < 4.78 is 6.25. The van der Waals surface area contributed by atoms with Crippen LogP contribution < -0.4 is 4.74 Å². The number of ether oxygens (including phenoxy) is 1. The van der Waals surface area contributed by atoms with Gasteiger partial charge in [-0.1, -0.05) is 38.1 Å². The summed E-state index contributed by atoms with van der Waals surface area (Å²) in [5.41, 5.74) is 3.28. The van der Waals surface area contributed by atoms with Crippen molar-refractivity contribution in [1.29, 1.82) is 0 Å². The molecule has 1 aliphatic heterocycles. The molecule has 2 amide bonds. The first-order chi connectivity index (χ1) is 15.3. The molecule has 0 radical (unpaired) electrons. The van der Waals surface area contributed by atoms with Gasteiger partial charge in [0.1, 0.15) is 11.7 Å². The topological polar surface area (TPSA) is 83.0 Å². The number of benzene rings is 1. The van der Waals surface area contributed by atoms with E-state index in [0.29, 0.717) is 25.1 Å². The SMILES string of the molecule is CCC(=O)N(C)C[C@H]1Oc2ncc(-c3ccccc3C)cc2C(=O)N([C@@H](C)CO)C[C@H]1C. The molecule has 172 valence electrons. The number of aliphatic hydroxyl groups excluding tert-OH is 1. The number of aromatic nitrogens is 1. The number of fused-ring (bicyclic) bond motifs is 1. The first kappa shape index (κ1) is 23.7. The van der Waals surface area contributed by atoms with E-state index in [4.69, 9.17) is 4.74 Å². The average molecular weight is 440 g/mol. The molecule has 0 fully saturated rings. The van der Waals surface area contributed by atoms with Crippen molar-refractivity contribution in [3.8, 4) is 17.0 Å². The van der Waals surface area contributed by atoms with Crippen molar-refractivity contribution in [2.45, 2.75) is 46.3 Å². The smallest absolute Gasteiger partial charge is 0.259 e. The minimum absolute atomic E-state index is 0.0302. The van der Waals surface area contributed by atoms with Crippen LogP contribution >= 0.6 is 0 Å². The van der Waals surface area contributed by atoms with Gasteiger partial charge in [-0.25, -0.2) is 4.98 Å². The number of pyridine rings is 1. The zero-order valence-electron chi connectivity index (χ0n) is 19.5. The number of aryl methyl sites for hydroxylation is 1. The number of carbonyl (C=O) groups is 2. The molecule has 32 heavy (non-hydrogen) atoms. The van der Waals surface area contributed by atoms with Crippen LogP contribution in [0.25, 0.3) is 11.1 Å². The third-order valence-electron chi connectivity index (χ3n) is 6.16. The lowest BCUT2D eigenvalue weighted by molar-refractivity contribution is -0.131. The standard InChI is InChI=1S/C25H33N3O4/c1-6-23(30)27(5)14-22-17(3)13-28(18(4)15-29)25(31)21-11-19(12-26-24(21)32-22)20-10-8-7-9-16(20)2/h7-12,17-18,22,29H,6,13-15H2,1-5H3/t17-,18+,22-/m1/s1. The quantitative estimate of drug-likeness (QED) is 0.748. The number of nitrogens with zero attached hydrogens (tertiary/aromatic N) is 3. The van der Waals surface area contributed by atoms with Crippen LogP contribution in [0.1, 0.15) is 43.1 Å². The molecule has 2 aromatic rings. The summed E-state index contributed by atoms with van der Waals surface area (Å²) in [4.78, 5) is 33.5. The minimum atomic E-state index is -0.353. The molecule has 1 N–H and O–H groups in total. The lowest BCUT2D eigenvalue weighted by Gasteiger charge is -2.37. The maximum absolute atomic E-state index is 13.5. The number of aliphatic hydroxyl groups is 1. The molecule has 0 bridgehead atoms. The molecule has 2 heterocycles. The Morgan fingerprint density at radius 3 is 2.72 bits per heavy atom. The van der Waals surface area contributed by atoms with E-state index in [1.54, 1.807) is 23.0 Å². The normalized spacial score (nSPS) is 19.4. The number of rotatable bonds is 6. The first-order valence-corrected chi connectivity index (χ1v) is 11.1. The van der Waals surface area contributed by atoms with E-state index in [9.17, 15) is 14.7 Å². The molecule has 7 nitrogen and oxygen atoms in total. The Morgan fingerprint density at radius 2 is 2.06 bits per heavy atom. The summed E-state index contributed by atoms with van der Waals surface area (Å²) in [6, 6.07) is 9.40. The van der Waals surface area contributed by atoms with Crippen molar-refractivity contribution in [3.05, 3.63) is 47.7 Å². The van der Waals surface area contributed by atoms with E-state index in [1.165, 1.54) is 0 Å². The molecule has 0 aliphatic carbocycles. The van der Waals surface area contributed by atoms with Gasteiger partial charge in [0.2, 0.25) is 11.8 Å². The molecular weight excluding hydrogens is 406 g/mol. The molecule has 0 saturated carbocycles. The second kappa shape index (κ2) is 10.1. The highest BCUT2D eigenvalue weighted by molar-refractivity contribution is 5.98. The number of amides is 2. The zero-order valence-corrected chi connectivity index (χ0v) is 19.5. The third kappa shape index (κ3) is 4.93. The maximum atomic E-state index is 13.5. The highest BCUT2D eigenvalue weighted by Gasteiger charge is 2.34. The number of likely N-dealkylation sites (N-methyl/N-ethyl adjacent to an activating group) is 1. The van der Waals surface area contributed by atoms with Crippen LogP contribution in [0.2, 0.25) is 0 Å². The van der Waals surface area contributed by atoms with Crippen molar-refractivity contribution >= 4 is 11.8 Å². The highest BCUT2D eigenvalue weighted by Crippen LogP contribution is 2.31. The summed E-state index contributed by atoms with van der Waals surface area (Å²) >= 11 is 0. The van der Waals surface area contributed by atoms with Crippen LogP contribution in [-0.2, 0) is 4.79 Å². The van der Waals surface area contributed by atoms with Gasteiger partial charge in [0.25, 0.3) is 5.91 Å². The van der Waals surface area contributed by atoms with E-state index in [0.717, 1.165) is 16.7 Å². The van der Waals surface area contributed by atoms with Crippen LogP contribution in [0, 0.1) is 12.8 Å². The molecule has 7 heteroatoms. The summed E-state index contributed by atoms with van der Waals surface area (Å²) in [6.07, 6.45) is 1.80. The van der Waals surface area contributed by atoms with Gasteiger partial charge >= 0.3 is 0 Å². The van der Waals surface area contributed by atoms with Crippen molar-refractivity contribution in [2.75, 3.05) is 26.7 Å². The second-order valence-electron chi connectivity index (χ2n) is 8.64. The van der Waals surface area contributed by atoms with Gasteiger partial charge < -0.3 is 19.6 Å². The van der Waals surface area contributed by atoms with E-state index in [1.807, 2.05) is 58.0 Å². The van der Waals surface area contributed by atoms with Crippen molar-refractivity contribution in [1.82, 2.24) is 14.8 Å². The Balaban J connectivity index is 2.05. The van der Waals surface area contributed by atoms with Crippen LogP contribution in [-0.4, -0.2) is 70.6 Å². The van der Waals surface area contributed by atoms with Gasteiger partial charge in [-0.2, -0.15) is 0 Å². The van der Waals surface area contributed by atoms with E-state index >= 15 is 0 Å². The monoisotopic (exact) mass is 439 g/mol. The van der Waals surface area contributed by atoms with Crippen LogP contribution in [0.5, 0.6) is 5.88 Å². The lowest BCUT2D eigenvalue weighted by atomic mass is 9.98. The maximum Gasteiger partial charge on any atom is 0.259 e. The molecule has 3 atom stereocenters. The minimum Gasteiger partial charge on any atom is -0.472 e. The predicted octanol–water partition coefficient (Wildman–Crippen LogP) is 3.15. The van der Waals surface area contributed by atoms with E-state index < -0.39 is 0 Å². The fraction of sp³-hybridized carbons (Fsp3) is 0.480. The average Bonchev–Trinajstić information content (AvgIpc) is 2.80. The van der Waals surface area contributed by atoms with Crippen molar-refractivity contribution < 1.29 is 19.4 Å². The molecule has 0 spiro atoms. The molecule has 0 unspecified atom stereocenters. The Morgan fingerprint density at radius 1 is 1.34 bits per heavy atom. The third-order valence-corrected chi connectivity index (χ3v) is 6.16. The van der Waals surface area contributed by atoms with Crippen LogP contribution in [0.4, 0.5) is 0 Å². The predicted molar refractivity (Wildman–Crippen MR) is 124 cm³/mol. The number of hydrogen-bond acceptors (Lipinski definition) is 5. The fourth-order valence-electron chi connectivity index (χ4n) is 4.01. The van der Waals surface area contributed by atoms with Gasteiger partial charge in [0.15, 0.2) is 0 Å².